The van der Waals surface area contributed by atoms with Crippen molar-refractivity contribution in [3.05, 3.63) is 49.5 Å². The fourth-order valence-corrected chi connectivity index (χ4v) is 4.38. The number of halogens is 4. The number of hydrogen-bond donors (Lipinski definition) is 2. The summed E-state index contributed by atoms with van der Waals surface area (Å²) < 4.78 is 41.1. The van der Waals surface area contributed by atoms with Crippen molar-refractivity contribution in [1.82, 2.24) is 0 Å². The molecule has 0 aliphatic rings. The molecule has 3 aromatic rings. The van der Waals surface area contributed by atoms with Crippen LogP contribution >= 0.6 is 33.9 Å². The summed E-state index contributed by atoms with van der Waals surface area (Å²) in [4.78, 5) is 15.7. The van der Waals surface area contributed by atoms with E-state index in [1.165, 1.54) is 6.92 Å². The molecule has 4 nitrogen and oxygen atoms in total. The first-order valence-electron chi connectivity index (χ1n) is 7.47. The van der Waals surface area contributed by atoms with E-state index in [9.17, 15) is 18.0 Å². The van der Waals surface area contributed by atoms with Crippen LogP contribution in [0.1, 0.15) is 26.5 Å². The number of nitrogens with two attached hydrogens (primary N) is 1. The van der Waals surface area contributed by atoms with Crippen molar-refractivity contribution >= 4 is 61.4 Å². The molecule has 3 rings (SSSR count). The summed E-state index contributed by atoms with van der Waals surface area (Å²) in [7, 11) is 0. The molecule has 1 amide bonds. The molecule has 4 N–H and O–H groups in total. The number of nitrogens with one attached hydrogen (secondary N) is 2. The van der Waals surface area contributed by atoms with Gasteiger partial charge in [0.2, 0.25) is 0 Å². The number of alkyl halides is 3. The maximum absolute atomic E-state index is 13.4. The smallest absolute Gasteiger partial charge is 0.397 e. The highest BCUT2D eigenvalue weighted by Crippen LogP contribution is 2.41. The van der Waals surface area contributed by atoms with Crippen LogP contribution in [0.4, 0.5) is 24.5 Å². The number of aromatic amines is 1. The SMILES string of the molecule is Cc1cc(C(F)(F)F)c2c(N)c(C(=O)Nc3ccc(I)cc3C)sc2[nH+]1. The highest BCUT2D eigenvalue weighted by Gasteiger charge is 2.37. The number of carbonyl (C=O) groups excluding carboxylic acids is 1. The fourth-order valence-electron chi connectivity index (χ4n) is 2.64. The quantitative estimate of drug-likeness (QED) is 0.506. The number of anilines is 2. The van der Waals surface area contributed by atoms with Crippen LogP contribution in [0.2, 0.25) is 0 Å². The molecule has 0 saturated heterocycles. The van der Waals surface area contributed by atoms with Gasteiger partial charge >= 0.3 is 6.18 Å². The van der Waals surface area contributed by atoms with Gasteiger partial charge in [-0.15, -0.1) is 0 Å². The van der Waals surface area contributed by atoms with Crippen LogP contribution in [-0.2, 0) is 6.18 Å². The molecule has 136 valence electrons. The maximum atomic E-state index is 13.4. The van der Waals surface area contributed by atoms with Crippen LogP contribution in [0, 0.1) is 17.4 Å². The van der Waals surface area contributed by atoms with E-state index in [0.29, 0.717) is 11.4 Å². The topological polar surface area (TPSA) is 69.3 Å². The Kier molecular flexibility index (Phi) is 4.86. The van der Waals surface area contributed by atoms with Crippen LogP contribution in [0.5, 0.6) is 0 Å². The number of aromatic nitrogens is 1. The number of pyridine rings is 1. The molecule has 0 spiro atoms. The van der Waals surface area contributed by atoms with Gasteiger partial charge in [0.05, 0.1) is 16.6 Å². The van der Waals surface area contributed by atoms with Crippen molar-refractivity contribution in [2.75, 3.05) is 11.1 Å². The lowest BCUT2D eigenvalue weighted by Gasteiger charge is -2.09. The zero-order valence-corrected chi connectivity index (χ0v) is 16.7. The molecule has 0 aliphatic heterocycles. The number of aryl methyl sites for hydroxylation is 2. The number of nitrogen functional groups attached to an aromatic ring is 1. The number of hydrogen-bond acceptors (Lipinski definition) is 3. The summed E-state index contributed by atoms with van der Waals surface area (Å²) in [6.07, 6.45) is -4.56. The zero-order valence-electron chi connectivity index (χ0n) is 13.7. The summed E-state index contributed by atoms with van der Waals surface area (Å²) in [5.41, 5.74) is 6.69. The fraction of sp³-hybridized carbons (Fsp3) is 0.176. The van der Waals surface area contributed by atoms with Gasteiger partial charge in [0.1, 0.15) is 4.88 Å². The van der Waals surface area contributed by atoms with Crippen molar-refractivity contribution in [3.63, 3.8) is 0 Å². The van der Waals surface area contributed by atoms with E-state index in [-0.39, 0.29) is 20.8 Å². The summed E-state index contributed by atoms with van der Waals surface area (Å²) in [6, 6.07) is 6.46. The van der Waals surface area contributed by atoms with Gasteiger partial charge in [0, 0.05) is 22.2 Å². The molecule has 2 heterocycles. The Hall–Kier alpha value is -1.88. The summed E-state index contributed by atoms with van der Waals surface area (Å²) in [5, 5.41) is 2.55. The Labute approximate surface area is 164 Å². The third-order valence-corrected chi connectivity index (χ3v) is 5.63. The van der Waals surface area contributed by atoms with E-state index < -0.39 is 17.6 Å². The summed E-state index contributed by atoms with van der Waals surface area (Å²) in [5.74, 6) is -0.535. The minimum Gasteiger partial charge on any atom is -0.397 e. The summed E-state index contributed by atoms with van der Waals surface area (Å²) >= 11 is 3.07. The number of benzene rings is 1. The van der Waals surface area contributed by atoms with Crippen molar-refractivity contribution < 1.29 is 22.9 Å². The molecule has 0 fully saturated rings. The Bertz CT molecular complexity index is 1030. The van der Waals surface area contributed by atoms with Gasteiger partial charge in [-0.3, -0.25) is 4.79 Å². The average Bonchev–Trinajstić information content (AvgIpc) is 2.85. The van der Waals surface area contributed by atoms with Crippen LogP contribution in [0.3, 0.4) is 0 Å². The van der Waals surface area contributed by atoms with Crippen molar-refractivity contribution in [1.29, 1.82) is 0 Å². The molecule has 0 bridgehead atoms. The largest absolute Gasteiger partial charge is 0.417 e. The third-order valence-electron chi connectivity index (χ3n) is 3.83. The van der Waals surface area contributed by atoms with E-state index in [4.69, 9.17) is 5.73 Å². The van der Waals surface area contributed by atoms with Crippen molar-refractivity contribution in [2.45, 2.75) is 20.0 Å². The van der Waals surface area contributed by atoms with E-state index in [0.717, 1.165) is 26.5 Å². The standard InChI is InChI=1S/C17H13F3IN3OS/c1-7-5-9(21)3-4-11(7)24-15(25)14-13(22)12-10(17(18,19)20)6-8(2)23-16(12)26-14/h3-6H,22H2,1-2H3,(H,24,25)/p+1. The molecule has 9 heteroatoms. The molecule has 26 heavy (non-hydrogen) atoms. The first-order valence-corrected chi connectivity index (χ1v) is 9.37. The van der Waals surface area contributed by atoms with Crippen LogP contribution in [-0.4, -0.2) is 5.91 Å². The Morgan fingerprint density at radius 1 is 1.27 bits per heavy atom. The lowest BCUT2D eigenvalue weighted by atomic mass is 10.1. The number of rotatable bonds is 2. The van der Waals surface area contributed by atoms with Gasteiger partial charge in [-0.2, -0.15) is 18.2 Å². The Morgan fingerprint density at radius 3 is 2.58 bits per heavy atom. The molecule has 0 saturated carbocycles. The number of fused-ring (bicyclic) bond motifs is 1. The van der Waals surface area contributed by atoms with Crippen LogP contribution in [0.15, 0.2) is 24.3 Å². The molecule has 0 aliphatic carbocycles. The number of amides is 1. The third kappa shape index (κ3) is 3.50. The van der Waals surface area contributed by atoms with Gasteiger partial charge in [-0.1, -0.05) is 11.3 Å². The van der Waals surface area contributed by atoms with Gasteiger partial charge in [0.15, 0.2) is 5.69 Å². The molecule has 2 aromatic heterocycles. The average molecular weight is 492 g/mol. The lowest BCUT2D eigenvalue weighted by molar-refractivity contribution is -0.352. The second-order valence-electron chi connectivity index (χ2n) is 5.83. The minimum absolute atomic E-state index is 0.0466. The van der Waals surface area contributed by atoms with Gasteiger partial charge in [0.25, 0.3) is 10.7 Å². The van der Waals surface area contributed by atoms with Gasteiger partial charge in [-0.25, -0.2) is 0 Å². The minimum atomic E-state index is -4.56. The highest BCUT2D eigenvalue weighted by atomic mass is 127. The second-order valence-corrected chi connectivity index (χ2v) is 8.09. The number of H-pyrrole nitrogens is 1. The highest BCUT2D eigenvalue weighted by molar-refractivity contribution is 14.1. The van der Waals surface area contributed by atoms with Crippen molar-refractivity contribution in [3.8, 4) is 0 Å². The number of carbonyl (C=O) groups is 1. The molecule has 0 atom stereocenters. The number of thiophene rings is 1. The first-order chi connectivity index (χ1) is 12.1. The van der Waals surface area contributed by atoms with Crippen LogP contribution < -0.4 is 16.0 Å². The first kappa shape index (κ1) is 18.9. The molecule has 0 radical (unpaired) electrons. The lowest BCUT2D eigenvalue weighted by Crippen LogP contribution is -2.14. The van der Waals surface area contributed by atoms with Crippen molar-refractivity contribution in [2.24, 2.45) is 0 Å². The normalized spacial score (nSPS) is 11.8. The van der Waals surface area contributed by atoms with Gasteiger partial charge < -0.3 is 11.1 Å². The van der Waals surface area contributed by atoms with E-state index >= 15 is 0 Å². The summed E-state index contributed by atoms with van der Waals surface area (Å²) in [6.45, 7) is 3.37. The van der Waals surface area contributed by atoms with Gasteiger partial charge in [-0.05, 0) is 53.3 Å². The maximum Gasteiger partial charge on any atom is 0.417 e. The zero-order chi connectivity index (χ0) is 19.2. The molecular weight excluding hydrogens is 478 g/mol. The molecule has 0 unspecified atom stereocenters. The van der Waals surface area contributed by atoms with E-state index in [2.05, 4.69) is 32.9 Å². The predicted molar refractivity (Wildman–Crippen MR) is 104 cm³/mol. The second kappa shape index (κ2) is 6.69. The monoisotopic (exact) mass is 492 g/mol. The van der Waals surface area contributed by atoms with E-state index in [1.807, 2.05) is 19.1 Å². The van der Waals surface area contributed by atoms with E-state index in [1.54, 1.807) is 6.07 Å². The van der Waals surface area contributed by atoms with Crippen LogP contribution in [0.25, 0.3) is 10.2 Å². The Morgan fingerprint density at radius 2 is 1.96 bits per heavy atom. The molecule has 1 aromatic carbocycles. The molecular formula is C17H14F3IN3OS+. The predicted octanol–water partition coefficient (Wildman–Crippen LogP) is 4.79. The Balaban J connectivity index is 2.08.